The first-order valence-electron chi connectivity index (χ1n) is 10.7. The second kappa shape index (κ2) is 9.20. The lowest BCUT2D eigenvalue weighted by atomic mass is 9.97. The number of likely N-dealkylation sites (tertiary alicyclic amines) is 1. The van der Waals surface area contributed by atoms with Crippen molar-refractivity contribution in [2.45, 2.75) is 46.6 Å². The van der Waals surface area contributed by atoms with Crippen LogP contribution in [0.2, 0.25) is 0 Å². The summed E-state index contributed by atoms with van der Waals surface area (Å²) in [5.41, 5.74) is 1.80. The molecule has 0 aromatic carbocycles. The van der Waals surface area contributed by atoms with Crippen LogP contribution in [0.4, 0.5) is 0 Å². The van der Waals surface area contributed by atoms with Crippen LogP contribution in [0.5, 0.6) is 0 Å². The highest BCUT2D eigenvalue weighted by molar-refractivity contribution is 5.92. The summed E-state index contributed by atoms with van der Waals surface area (Å²) in [4.78, 5) is 20.1. The van der Waals surface area contributed by atoms with Gasteiger partial charge in [-0.05, 0) is 57.7 Å². The summed E-state index contributed by atoms with van der Waals surface area (Å²) in [5.74, 6) is 1.48. The van der Waals surface area contributed by atoms with Crippen LogP contribution in [0.1, 0.15) is 49.8 Å². The number of aryl methyl sites for hydroxylation is 1. The highest BCUT2D eigenvalue weighted by Gasteiger charge is 2.27. The van der Waals surface area contributed by atoms with E-state index in [9.17, 15) is 4.79 Å². The Kier molecular flexibility index (Phi) is 6.93. The number of nitrogens with zero attached hydrogens (tertiary/aromatic N) is 5. The zero-order valence-electron chi connectivity index (χ0n) is 17.7. The molecule has 0 saturated carbocycles. The van der Waals surface area contributed by atoms with Gasteiger partial charge < -0.3 is 9.80 Å². The molecule has 0 aliphatic carbocycles. The van der Waals surface area contributed by atoms with Gasteiger partial charge in [0.15, 0.2) is 0 Å². The normalized spacial score (nSPS) is 22.6. The van der Waals surface area contributed by atoms with Gasteiger partial charge in [-0.15, -0.1) is 0 Å². The predicted octanol–water partition coefficient (Wildman–Crippen LogP) is 2.20. The molecule has 1 amide bonds. The van der Waals surface area contributed by atoms with Crippen LogP contribution in [-0.4, -0.2) is 83.2 Å². The Balaban J connectivity index is 1.54. The van der Waals surface area contributed by atoms with Crippen molar-refractivity contribution in [2.75, 3.05) is 52.9 Å². The number of rotatable bonds is 6. The molecule has 2 aliphatic heterocycles. The Morgan fingerprint density at radius 1 is 1.22 bits per heavy atom. The monoisotopic (exact) mass is 375 g/mol. The maximum Gasteiger partial charge on any atom is 0.272 e. The van der Waals surface area contributed by atoms with Crippen molar-refractivity contribution in [3.8, 4) is 0 Å². The van der Waals surface area contributed by atoms with Crippen molar-refractivity contribution in [2.24, 2.45) is 11.8 Å². The third-order valence-electron chi connectivity index (χ3n) is 5.86. The van der Waals surface area contributed by atoms with Crippen LogP contribution in [0.25, 0.3) is 0 Å². The fourth-order valence-electron chi connectivity index (χ4n) is 4.48. The van der Waals surface area contributed by atoms with E-state index in [1.165, 1.54) is 32.5 Å². The van der Waals surface area contributed by atoms with Crippen LogP contribution in [0.15, 0.2) is 6.07 Å². The van der Waals surface area contributed by atoms with E-state index in [0.29, 0.717) is 5.92 Å². The molecule has 2 aliphatic rings. The highest BCUT2D eigenvalue weighted by Crippen LogP contribution is 2.18. The van der Waals surface area contributed by atoms with E-state index in [0.717, 1.165) is 56.5 Å². The molecule has 6 nitrogen and oxygen atoms in total. The Labute approximate surface area is 164 Å². The van der Waals surface area contributed by atoms with E-state index in [2.05, 4.69) is 42.7 Å². The van der Waals surface area contributed by atoms with Crippen LogP contribution in [0, 0.1) is 11.8 Å². The molecular formula is C21H37N5O. The third kappa shape index (κ3) is 5.32. The number of carbonyl (C=O) groups is 1. The van der Waals surface area contributed by atoms with E-state index < -0.39 is 0 Å². The summed E-state index contributed by atoms with van der Waals surface area (Å²) < 4.78 is 1.88. The van der Waals surface area contributed by atoms with Gasteiger partial charge in [-0.1, -0.05) is 13.8 Å². The zero-order chi connectivity index (χ0) is 19.4. The van der Waals surface area contributed by atoms with Gasteiger partial charge in [0, 0.05) is 45.8 Å². The largest absolute Gasteiger partial charge is 0.335 e. The van der Waals surface area contributed by atoms with E-state index in [1.54, 1.807) is 0 Å². The van der Waals surface area contributed by atoms with Crippen molar-refractivity contribution >= 4 is 5.91 Å². The fraction of sp³-hybridized carbons (Fsp3) is 0.810. The molecule has 0 N–H and O–H groups in total. The third-order valence-corrected chi connectivity index (χ3v) is 5.86. The topological polar surface area (TPSA) is 44.6 Å². The van der Waals surface area contributed by atoms with E-state index in [-0.39, 0.29) is 5.91 Å². The number of amides is 1. The van der Waals surface area contributed by atoms with Gasteiger partial charge in [0.1, 0.15) is 5.69 Å². The molecule has 1 aromatic heterocycles. The van der Waals surface area contributed by atoms with Crippen molar-refractivity contribution in [1.82, 2.24) is 24.5 Å². The van der Waals surface area contributed by atoms with E-state index >= 15 is 0 Å². The molecule has 152 valence electrons. The van der Waals surface area contributed by atoms with Gasteiger partial charge >= 0.3 is 0 Å². The highest BCUT2D eigenvalue weighted by atomic mass is 16.2. The maximum atomic E-state index is 13.1. The maximum absolute atomic E-state index is 13.1. The first kappa shape index (κ1) is 20.3. The van der Waals surface area contributed by atoms with Crippen molar-refractivity contribution in [1.29, 1.82) is 0 Å². The summed E-state index contributed by atoms with van der Waals surface area (Å²) >= 11 is 0. The molecule has 6 heteroatoms. The number of hydrogen-bond donors (Lipinski definition) is 0. The lowest BCUT2D eigenvalue weighted by Gasteiger charge is -2.38. The molecule has 0 radical (unpaired) electrons. The molecule has 1 unspecified atom stereocenters. The molecule has 27 heavy (non-hydrogen) atoms. The fourth-order valence-corrected chi connectivity index (χ4v) is 4.48. The minimum Gasteiger partial charge on any atom is -0.335 e. The van der Waals surface area contributed by atoms with Gasteiger partial charge in [0.2, 0.25) is 0 Å². The number of carbonyl (C=O) groups excluding carboxylic acids is 1. The molecule has 1 atom stereocenters. The van der Waals surface area contributed by atoms with Gasteiger partial charge in [-0.2, -0.15) is 5.10 Å². The van der Waals surface area contributed by atoms with Crippen LogP contribution >= 0.6 is 0 Å². The molecule has 3 heterocycles. The Morgan fingerprint density at radius 2 is 1.96 bits per heavy atom. The molecule has 3 rings (SSSR count). The summed E-state index contributed by atoms with van der Waals surface area (Å²) in [6.45, 7) is 14.5. The number of aromatic nitrogens is 2. The van der Waals surface area contributed by atoms with Crippen LogP contribution in [-0.2, 0) is 13.0 Å². The average Bonchev–Trinajstić information content (AvgIpc) is 3.04. The summed E-state index contributed by atoms with van der Waals surface area (Å²) in [6.07, 6.45) is 3.59. The van der Waals surface area contributed by atoms with Gasteiger partial charge in [0.05, 0.1) is 5.69 Å². The Hall–Kier alpha value is -1.40. The quantitative estimate of drug-likeness (QED) is 0.765. The van der Waals surface area contributed by atoms with Crippen molar-refractivity contribution < 1.29 is 4.79 Å². The van der Waals surface area contributed by atoms with Crippen molar-refractivity contribution in [3.05, 3.63) is 17.5 Å². The average molecular weight is 376 g/mol. The molecule has 2 saturated heterocycles. The molecule has 0 spiro atoms. The van der Waals surface area contributed by atoms with Gasteiger partial charge in [-0.3, -0.25) is 14.4 Å². The first-order chi connectivity index (χ1) is 13.0. The Morgan fingerprint density at radius 3 is 2.59 bits per heavy atom. The second-order valence-electron chi connectivity index (χ2n) is 8.80. The zero-order valence-corrected chi connectivity index (χ0v) is 17.7. The van der Waals surface area contributed by atoms with E-state index in [4.69, 9.17) is 0 Å². The standard InChI is InChI=1S/C21H37N5O/c1-5-26-20(14-19(22-26)13-17(2)3)21(27)25-11-9-24(10-12-25)16-18-7-6-8-23(4)15-18/h14,17-18H,5-13,15-16H2,1-4H3. The smallest absolute Gasteiger partial charge is 0.272 e. The van der Waals surface area contributed by atoms with Gasteiger partial charge in [-0.25, -0.2) is 0 Å². The minimum atomic E-state index is 0.149. The Bertz CT molecular complexity index is 618. The molecule has 0 bridgehead atoms. The summed E-state index contributed by atoms with van der Waals surface area (Å²) in [5, 5.41) is 4.64. The number of hydrogen-bond acceptors (Lipinski definition) is 4. The number of piperidine rings is 1. The number of piperazine rings is 1. The molecular weight excluding hydrogens is 338 g/mol. The molecule has 1 aromatic rings. The summed E-state index contributed by atoms with van der Waals surface area (Å²) in [7, 11) is 2.23. The SMILES string of the molecule is CCn1nc(CC(C)C)cc1C(=O)N1CCN(CC2CCCN(C)C2)CC1. The van der Waals surface area contributed by atoms with Gasteiger partial charge in [0.25, 0.3) is 5.91 Å². The van der Waals surface area contributed by atoms with E-state index in [1.807, 2.05) is 15.6 Å². The molecule has 2 fully saturated rings. The van der Waals surface area contributed by atoms with Crippen LogP contribution < -0.4 is 0 Å². The second-order valence-corrected chi connectivity index (χ2v) is 8.80. The lowest BCUT2D eigenvalue weighted by Crippen LogP contribution is -2.51. The first-order valence-corrected chi connectivity index (χ1v) is 10.7. The summed E-state index contributed by atoms with van der Waals surface area (Å²) in [6, 6.07) is 2.01. The lowest BCUT2D eigenvalue weighted by molar-refractivity contribution is 0.0577. The minimum absolute atomic E-state index is 0.149. The van der Waals surface area contributed by atoms with Crippen molar-refractivity contribution in [3.63, 3.8) is 0 Å². The van der Waals surface area contributed by atoms with Crippen LogP contribution in [0.3, 0.4) is 0 Å². The predicted molar refractivity (Wildman–Crippen MR) is 109 cm³/mol.